The van der Waals surface area contributed by atoms with Crippen LogP contribution in [0.3, 0.4) is 0 Å². The molecule has 0 aliphatic carbocycles. The van der Waals surface area contributed by atoms with Gasteiger partial charge in [0.25, 0.3) is 0 Å². The van der Waals surface area contributed by atoms with Crippen LogP contribution in [0.1, 0.15) is 24.9 Å². The largest absolute Gasteiger partial charge is 0.486 e. The Hall–Kier alpha value is -2.01. The molecule has 1 unspecified atom stereocenters. The van der Waals surface area contributed by atoms with Crippen molar-refractivity contribution in [2.45, 2.75) is 25.9 Å². The van der Waals surface area contributed by atoms with Gasteiger partial charge in [0.15, 0.2) is 11.5 Å². The van der Waals surface area contributed by atoms with Crippen molar-refractivity contribution < 1.29 is 9.47 Å². The van der Waals surface area contributed by atoms with E-state index in [9.17, 15) is 0 Å². The Bertz CT molecular complexity index is 569. The van der Waals surface area contributed by atoms with Crippen LogP contribution in [0.25, 0.3) is 0 Å². The second kappa shape index (κ2) is 6.63. The van der Waals surface area contributed by atoms with E-state index in [0.717, 1.165) is 31.0 Å². The van der Waals surface area contributed by atoms with Crippen molar-refractivity contribution in [2.75, 3.05) is 19.8 Å². The van der Waals surface area contributed by atoms with Crippen LogP contribution in [0, 0.1) is 0 Å². The number of imidazole rings is 1. The molecule has 2 heterocycles. The fourth-order valence-electron chi connectivity index (χ4n) is 2.45. The Morgan fingerprint density at radius 3 is 2.95 bits per heavy atom. The third kappa shape index (κ3) is 3.55. The molecule has 1 atom stereocenters. The number of fused-ring (bicyclic) bond motifs is 1. The zero-order chi connectivity index (χ0) is 14.5. The number of rotatable bonds is 6. The number of nitrogens with zero attached hydrogens (tertiary/aromatic N) is 2. The molecule has 0 amide bonds. The maximum atomic E-state index is 5.63. The summed E-state index contributed by atoms with van der Waals surface area (Å²) in [5.74, 6) is 1.70. The van der Waals surface area contributed by atoms with E-state index in [1.807, 2.05) is 24.8 Å². The lowest BCUT2D eigenvalue weighted by Gasteiger charge is -2.21. The van der Waals surface area contributed by atoms with Crippen molar-refractivity contribution in [3.8, 4) is 11.5 Å². The molecule has 5 nitrogen and oxygen atoms in total. The molecule has 0 saturated heterocycles. The van der Waals surface area contributed by atoms with E-state index in [1.54, 1.807) is 0 Å². The van der Waals surface area contributed by atoms with Gasteiger partial charge < -0.3 is 19.4 Å². The number of nitrogens with one attached hydrogen (secondary N) is 1. The Labute approximate surface area is 124 Å². The average Bonchev–Trinajstić information content (AvgIpc) is 3.04. The molecule has 0 bridgehead atoms. The van der Waals surface area contributed by atoms with Crippen LogP contribution in [0.2, 0.25) is 0 Å². The lowest BCUT2D eigenvalue weighted by Crippen LogP contribution is -2.21. The first-order valence-corrected chi connectivity index (χ1v) is 7.41. The minimum absolute atomic E-state index is 0.295. The minimum Gasteiger partial charge on any atom is -0.486 e. The van der Waals surface area contributed by atoms with Gasteiger partial charge in [0.05, 0.1) is 6.33 Å². The molecule has 1 aliphatic rings. The SMILES string of the molecule is CC(NCCCn1ccnc1)c1ccc2c(c1)OCCO2. The first-order chi connectivity index (χ1) is 10.3. The van der Waals surface area contributed by atoms with E-state index >= 15 is 0 Å². The van der Waals surface area contributed by atoms with Crippen molar-refractivity contribution in [1.29, 1.82) is 0 Å². The molecule has 0 spiro atoms. The number of hydrogen-bond donors (Lipinski definition) is 1. The van der Waals surface area contributed by atoms with E-state index < -0.39 is 0 Å². The van der Waals surface area contributed by atoms with E-state index in [-0.39, 0.29) is 0 Å². The van der Waals surface area contributed by atoms with Gasteiger partial charge >= 0.3 is 0 Å². The van der Waals surface area contributed by atoms with Gasteiger partial charge in [0, 0.05) is 25.0 Å². The molecule has 21 heavy (non-hydrogen) atoms. The topological polar surface area (TPSA) is 48.3 Å². The fraction of sp³-hybridized carbons (Fsp3) is 0.438. The van der Waals surface area contributed by atoms with E-state index in [0.29, 0.717) is 19.3 Å². The molecule has 112 valence electrons. The molecule has 1 aromatic heterocycles. The summed E-state index contributed by atoms with van der Waals surface area (Å²) in [6.07, 6.45) is 6.73. The molecule has 1 N–H and O–H groups in total. The van der Waals surface area contributed by atoms with Crippen LogP contribution < -0.4 is 14.8 Å². The van der Waals surface area contributed by atoms with E-state index in [1.165, 1.54) is 5.56 Å². The third-order valence-electron chi connectivity index (χ3n) is 3.67. The first-order valence-electron chi connectivity index (χ1n) is 7.41. The summed E-state index contributed by atoms with van der Waals surface area (Å²) in [5.41, 5.74) is 1.22. The standard InChI is InChI=1S/C16H21N3O2/c1-13(18-5-2-7-19-8-6-17-12-19)14-3-4-15-16(11-14)21-10-9-20-15/h3-4,6,8,11-13,18H,2,5,7,9-10H2,1H3. The smallest absolute Gasteiger partial charge is 0.161 e. The van der Waals surface area contributed by atoms with Gasteiger partial charge in [0.2, 0.25) is 0 Å². The van der Waals surface area contributed by atoms with Gasteiger partial charge in [-0.25, -0.2) is 4.98 Å². The molecule has 0 fully saturated rings. The summed E-state index contributed by atoms with van der Waals surface area (Å²) in [6.45, 7) is 5.38. The fourth-order valence-corrected chi connectivity index (χ4v) is 2.45. The zero-order valence-electron chi connectivity index (χ0n) is 12.3. The highest BCUT2D eigenvalue weighted by Crippen LogP contribution is 2.32. The van der Waals surface area contributed by atoms with E-state index in [4.69, 9.17) is 9.47 Å². The molecule has 1 aromatic carbocycles. The number of ether oxygens (including phenoxy) is 2. The van der Waals surface area contributed by atoms with Crippen molar-refractivity contribution in [2.24, 2.45) is 0 Å². The highest BCUT2D eigenvalue weighted by molar-refractivity contribution is 5.44. The van der Waals surface area contributed by atoms with Gasteiger partial charge in [-0.1, -0.05) is 6.07 Å². The van der Waals surface area contributed by atoms with Gasteiger partial charge in [-0.2, -0.15) is 0 Å². The average molecular weight is 287 g/mol. The van der Waals surface area contributed by atoms with Crippen LogP contribution in [0.4, 0.5) is 0 Å². The van der Waals surface area contributed by atoms with Gasteiger partial charge in [-0.15, -0.1) is 0 Å². The van der Waals surface area contributed by atoms with Crippen LogP contribution in [-0.2, 0) is 6.54 Å². The maximum absolute atomic E-state index is 5.63. The molecule has 2 aromatic rings. The second-order valence-electron chi connectivity index (χ2n) is 5.23. The van der Waals surface area contributed by atoms with Gasteiger partial charge in [-0.3, -0.25) is 0 Å². The molecule has 3 rings (SSSR count). The summed E-state index contributed by atoms with van der Waals surface area (Å²) in [7, 11) is 0. The number of aryl methyl sites for hydroxylation is 1. The maximum Gasteiger partial charge on any atom is 0.161 e. The molecular weight excluding hydrogens is 266 g/mol. The lowest BCUT2D eigenvalue weighted by molar-refractivity contribution is 0.171. The van der Waals surface area contributed by atoms with Crippen molar-refractivity contribution in [3.63, 3.8) is 0 Å². The van der Waals surface area contributed by atoms with Crippen molar-refractivity contribution in [1.82, 2.24) is 14.9 Å². The summed E-state index contributed by atoms with van der Waals surface area (Å²) >= 11 is 0. The van der Waals surface area contributed by atoms with Crippen molar-refractivity contribution >= 4 is 0 Å². The van der Waals surface area contributed by atoms with Crippen LogP contribution >= 0.6 is 0 Å². The second-order valence-corrected chi connectivity index (χ2v) is 5.23. The molecule has 0 radical (unpaired) electrons. The summed E-state index contributed by atoms with van der Waals surface area (Å²) in [6, 6.07) is 6.46. The number of hydrogen-bond acceptors (Lipinski definition) is 4. The van der Waals surface area contributed by atoms with E-state index in [2.05, 4.69) is 33.9 Å². The first kappa shape index (κ1) is 13.9. The number of aromatic nitrogens is 2. The Kier molecular flexibility index (Phi) is 4.40. The Morgan fingerprint density at radius 1 is 1.29 bits per heavy atom. The summed E-state index contributed by atoms with van der Waals surface area (Å²) in [5, 5.41) is 3.54. The quantitative estimate of drug-likeness (QED) is 0.829. The zero-order valence-corrected chi connectivity index (χ0v) is 12.3. The highest BCUT2D eigenvalue weighted by Gasteiger charge is 2.14. The third-order valence-corrected chi connectivity index (χ3v) is 3.67. The lowest BCUT2D eigenvalue weighted by atomic mass is 10.1. The molecule has 0 saturated carbocycles. The van der Waals surface area contributed by atoms with Crippen molar-refractivity contribution in [3.05, 3.63) is 42.5 Å². The molecule has 1 aliphatic heterocycles. The predicted octanol–water partition coefficient (Wildman–Crippen LogP) is 2.40. The Balaban J connectivity index is 1.49. The normalized spacial score (nSPS) is 14.9. The monoisotopic (exact) mass is 287 g/mol. The van der Waals surface area contributed by atoms with Gasteiger partial charge in [0.1, 0.15) is 13.2 Å². The minimum atomic E-state index is 0.295. The van der Waals surface area contributed by atoms with Crippen LogP contribution in [-0.4, -0.2) is 29.3 Å². The Morgan fingerprint density at radius 2 is 2.14 bits per heavy atom. The van der Waals surface area contributed by atoms with Gasteiger partial charge in [-0.05, 0) is 37.6 Å². The molecule has 5 heteroatoms. The van der Waals surface area contributed by atoms with Crippen LogP contribution in [0.15, 0.2) is 36.9 Å². The highest BCUT2D eigenvalue weighted by atomic mass is 16.6. The summed E-state index contributed by atoms with van der Waals surface area (Å²) < 4.78 is 13.3. The number of benzene rings is 1. The predicted molar refractivity (Wildman–Crippen MR) is 80.7 cm³/mol. The summed E-state index contributed by atoms with van der Waals surface area (Å²) in [4.78, 5) is 4.04. The van der Waals surface area contributed by atoms with Crippen LogP contribution in [0.5, 0.6) is 11.5 Å². The molecular formula is C16H21N3O2.